The minimum Gasteiger partial charge on any atom is -0.490 e. The van der Waals surface area contributed by atoms with Crippen molar-refractivity contribution in [3.05, 3.63) is 23.8 Å². The van der Waals surface area contributed by atoms with Crippen LogP contribution in [0, 0.1) is 5.92 Å². The van der Waals surface area contributed by atoms with Crippen LogP contribution in [0.2, 0.25) is 0 Å². The molecule has 1 heterocycles. The Kier molecular flexibility index (Phi) is 5.61. The Morgan fingerprint density at radius 2 is 1.88 bits per heavy atom. The van der Waals surface area contributed by atoms with E-state index < -0.39 is 0 Å². The number of hydrogen-bond donors (Lipinski definition) is 0. The summed E-state index contributed by atoms with van der Waals surface area (Å²) in [6.45, 7) is 7.25. The maximum absolute atomic E-state index is 12.7. The lowest BCUT2D eigenvalue weighted by Crippen LogP contribution is -2.30. The van der Waals surface area contributed by atoms with Crippen molar-refractivity contribution in [1.29, 1.82) is 0 Å². The zero-order valence-corrected chi connectivity index (χ0v) is 14.6. The fraction of sp³-hybridized carbons (Fsp3) is 0.632. The Bertz CT molecular complexity index is 570. The summed E-state index contributed by atoms with van der Waals surface area (Å²) in [6, 6.07) is 5.42. The third kappa shape index (κ3) is 4.20. The minimum absolute atomic E-state index is 0.0384. The number of likely N-dealkylation sites (tertiary alicyclic amines) is 1. The molecule has 1 aromatic carbocycles. The predicted molar refractivity (Wildman–Crippen MR) is 91.8 cm³/mol. The molecule has 0 bridgehead atoms. The second kappa shape index (κ2) is 7.88. The first-order chi connectivity index (χ1) is 11.7. The predicted octanol–water partition coefficient (Wildman–Crippen LogP) is 3.13. The Morgan fingerprint density at radius 1 is 1.12 bits per heavy atom. The monoisotopic (exact) mass is 333 g/mol. The lowest BCUT2D eigenvalue weighted by molar-refractivity contribution is 0.0480. The van der Waals surface area contributed by atoms with Crippen LogP contribution >= 0.6 is 0 Å². The second-order valence-corrected chi connectivity index (χ2v) is 6.47. The number of amides is 1. The number of rotatable bonds is 8. The molecule has 2 fully saturated rings. The van der Waals surface area contributed by atoms with Gasteiger partial charge in [-0.25, -0.2) is 0 Å². The molecule has 24 heavy (non-hydrogen) atoms. The number of carbonyl (C=O) groups is 1. The molecule has 0 aromatic heterocycles. The van der Waals surface area contributed by atoms with Gasteiger partial charge in [0.15, 0.2) is 11.5 Å². The van der Waals surface area contributed by atoms with E-state index in [2.05, 4.69) is 0 Å². The van der Waals surface area contributed by atoms with Gasteiger partial charge in [0.25, 0.3) is 5.91 Å². The second-order valence-electron chi connectivity index (χ2n) is 6.47. The van der Waals surface area contributed by atoms with Gasteiger partial charge in [0, 0.05) is 25.3 Å². The van der Waals surface area contributed by atoms with Gasteiger partial charge in [0.2, 0.25) is 0 Å². The molecule has 132 valence electrons. The average Bonchev–Trinajstić information content (AvgIpc) is 3.30. The Labute approximate surface area is 143 Å². The molecule has 1 saturated carbocycles. The smallest absolute Gasteiger partial charge is 0.254 e. The molecule has 1 saturated heterocycles. The van der Waals surface area contributed by atoms with Crippen molar-refractivity contribution in [2.75, 3.05) is 32.9 Å². The maximum atomic E-state index is 12.7. The molecule has 0 N–H and O–H groups in total. The van der Waals surface area contributed by atoms with Crippen molar-refractivity contribution < 1.29 is 19.0 Å². The molecular weight excluding hydrogens is 306 g/mol. The Hall–Kier alpha value is -1.75. The van der Waals surface area contributed by atoms with Crippen LogP contribution in [0.1, 0.15) is 43.5 Å². The van der Waals surface area contributed by atoms with Crippen LogP contribution in [0.5, 0.6) is 11.5 Å². The standard InChI is InChI=1S/C19H27NO4/c1-3-22-17-8-7-15(11-18(17)23-4-2)19(21)20-10-9-16(12-20)24-13-14-5-6-14/h7-8,11,14,16H,3-6,9-10,12-13H2,1-2H3. The molecule has 0 spiro atoms. The van der Waals surface area contributed by atoms with E-state index in [0.29, 0.717) is 36.8 Å². The van der Waals surface area contributed by atoms with Gasteiger partial charge in [-0.3, -0.25) is 4.79 Å². The molecule has 1 aliphatic heterocycles. The molecule has 1 amide bonds. The summed E-state index contributed by atoms with van der Waals surface area (Å²) in [7, 11) is 0. The summed E-state index contributed by atoms with van der Waals surface area (Å²) in [5.74, 6) is 2.11. The van der Waals surface area contributed by atoms with E-state index in [0.717, 1.165) is 25.5 Å². The van der Waals surface area contributed by atoms with E-state index in [4.69, 9.17) is 14.2 Å². The van der Waals surface area contributed by atoms with Crippen LogP contribution in [0.25, 0.3) is 0 Å². The van der Waals surface area contributed by atoms with Gasteiger partial charge in [-0.05, 0) is 57.2 Å². The molecule has 1 aliphatic carbocycles. The van der Waals surface area contributed by atoms with E-state index in [-0.39, 0.29) is 12.0 Å². The SMILES string of the molecule is CCOc1ccc(C(=O)N2CCC(OCC3CC3)C2)cc1OCC. The maximum Gasteiger partial charge on any atom is 0.254 e. The third-order valence-corrected chi connectivity index (χ3v) is 4.49. The van der Waals surface area contributed by atoms with Crippen molar-refractivity contribution in [1.82, 2.24) is 4.90 Å². The highest BCUT2D eigenvalue weighted by atomic mass is 16.5. The van der Waals surface area contributed by atoms with Crippen LogP contribution in [0.4, 0.5) is 0 Å². The van der Waals surface area contributed by atoms with Gasteiger partial charge in [0.05, 0.1) is 19.3 Å². The zero-order valence-electron chi connectivity index (χ0n) is 14.6. The zero-order chi connectivity index (χ0) is 16.9. The molecule has 5 heteroatoms. The lowest BCUT2D eigenvalue weighted by Gasteiger charge is -2.18. The van der Waals surface area contributed by atoms with Crippen LogP contribution in [0.3, 0.4) is 0 Å². The lowest BCUT2D eigenvalue weighted by atomic mass is 10.1. The van der Waals surface area contributed by atoms with E-state index in [1.54, 1.807) is 6.07 Å². The van der Waals surface area contributed by atoms with Gasteiger partial charge >= 0.3 is 0 Å². The van der Waals surface area contributed by atoms with Gasteiger partial charge in [-0.2, -0.15) is 0 Å². The molecule has 3 rings (SSSR count). The number of benzene rings is 1. The fourth-order valence-electron chi connectivity index (χ4n) is 2.97. The summed E-state index contributed by atoms with van der Waals surface area (Å²) in [5.41, 5.74) is 0.643. The first-order valence-corrected chi connectivity index (χ1v) is 9.01. The number of nitrogens with zero attached hydrogens (tertiary/aromatic N) is 1. The topological polar surface area (TPSA) is 48.0 Å². The Morgan fingerprint density at radius 3 is 2.58 bits per heavy atom. The highest BCUT2D eigenvalue weighted by Gasteiger charge is 2.30. The Balaban J connectivity index is 1.62. The molecule has 5 nitrogen and oxygen atoms in total. The summed E-state index contributed by atoms with van der Waals surface area (Å²) >= 11 is 0. The van der Waals surface area contributed by atoms with Gasteiger partial charge in [0.1, 0.15) is 0 Å². The van der Waals surface area contributed by atoms with Crippen molar-refractivity contribution in [2.45, 2.75) is 39.2 Å². The van der Waals surface area contributed by atoms with Crippen LogP contribution in [-0.4, -0.2) is 49.8 Å². The van der Waals surface area contributed by atoms with E-state index in [9.17, 15) is 4.79 Å². The molecule has 1 unspecified atom stereocenters. The summed E-state index contributed by atoms with van der Waals surface area (Å²) in [4.78, 5) is 14.6. The van der Waals surface area contributed by atoms with E-state index in [1.807, 2.05) is 30.9 Å². The van der Waals surface area contributed by atoms with Gasteiger partial charge < -0.3 is 19.1 Å². The quantitative estimate of drug-likeness (QED) is 0.733. The average molecular weight is 333 g/mol. The molecule has 2 aliphatic rings. The number of ether oxygens (including phenoxy) is 3. The molecule has 1 aromatic rings. The highest BCUT2D eigenvalue weighted by molar-refractivity contribution is 5.95. The first kappa shape index (κ1) is 17.1. The van der Waals surface area contributed by atoms with Crippen LogP contribution in [-0.2, 0) is 4.74 Å². The molecular formula is C19H27NO4. The van der Waals surface area contributed by atoms with Crippen LogP contribution in [0.15, 0.2) is 18.2 Å². The fourth-order valence-corrected chi connectivity index (χ4v) is 2.97. The van der Waals surface area contributed by atoms with Crippen molar-refractivity contribution >= 4 is 5.91 Å². The van der Waals surface area contributed by atoms with E-state index >= 15 is 0 Å². The summed E-state index contributed by atoms with van der Waals surface area (Å²) in [6.07, 6.45) is 3.70. The van der Waals surface area contributed by atoms with Crippen molar-refractivity contribution in [2.24, 2.45) is 5.92 Å². The van der Waals surface area contributed by atoms with Gasteiger partial charge in [-0.1, -0.05) is 0 Å². The molecule has 0 radical (unpaired) electrons. The largest absolute Gasteiger partial charge is 0.490 e. The normalized spacial score (nSPS) is 20.2. The number of hydrogen-bond acceptors (Lipinski definition) is 4. The summed E-state index contributed by atoms with van der Waals surface area (Å²) < 4.78 is 17.1. The van der Waals surface area contributed by atoms with Crippen molar-refractivity contribution in [3.63, 3.8) is 0 Å². The highest BCUT2D eigenvalue weighted by Crippen LogP contribution is 2.31. The third-order valence-electron chi connectivity index (χ3n) is 4.49. The van der Waals surface area contributed by atoms with Crippen LogP contribution < -0.4 is 9.47 Å². The van der Waals surface area contributed by atoms with E-state index in [1.165, 1.54) is 12.8 Å². The summed E-state index contributed by atoms with van der Waals surface area (Å²) in [5, 5.41) is 0. The minimum atomic E-state index is 0.0384. The number of carbonyl (C=O) groups excluding carboxylic acids is 1. The molecule has 1 atom stereocenters. The first-order valence-electron chi connectivity index (χ1n) is 9.01. The van der Waals surface area contributed by atoms with Gasteiger partial charge in [-0.15, -0.1) is 0 Å². The van der Waals surface area contributed by atoms with Crippen molar-refractivity contribution in [3.8, 4) is 11.5 Å².